The molecule has 2 aromatic rings. The topological polar surface area (TPSA) is 117 Å². The lowest BCUT2D eigenvalue weighted by molar-refractivity contribution is -0.384. The van der Waals surface area contributed by atoms with Crippen molar-refractivity contribution in [3.8, 4) is 0 Å². The highest BCUT2D eigenvalue weighted by Gasteiger charge is 2.23. The lowest BCUT2D eigenvalue weighted by atomic mass is 10.1. The number of nitrogens with one attached hydrogen (secondary N) is 2. The molecule has 0 unspecified atom stereocenters. The minimum Gasteiger partial charge on any atom is -0.366 e. The number of carbonyl (C=O) groups is 2. The fraction of sp³-hybridized carbons (Fsp3) is 0.381. The van der Waals surface area contributed by atoms with Gasteiger partial charge in [-0.1, -0.05) is 0 Å². The molecular weight excluding hydrogens is 386 g/mol. The molecule has 0 aliphatic carbocycles. The van der Waals surface area contributed by atoms with Gasteiger partial charge in [-0.15, -0.1) is 0 Å². The van der Waals surface area contributed by atoms with Crippen molar-refractivity contribution in [3.05, 3.63) is 63.5 Å². The van der Waals surface area contributed by atoms with Crippen LogP contribution in [-0.2, 0) is 0 Å². The molecule has 3 rings (SSSR count). The first-order valence-corrected chi connectivity index (χ1v) is 9.98. The first-order chi connectivity index (χ1) is 14.5. The van der Waals surface area contributed by atoms with Gasteiger partial charge in [0.1, 0.15) is 5.69 Å². The molecule has 0 saturated carbocycles. The van der Waals surface area contributed by atoms with Crippen LogP contribution in [0.4, 0.5) is 11.4 Å². The SMILES string of the molecule is Cc1ccc(C(=O)NCCNC(=O)c2ccc(N3CCCCC3)c([N+](=O)[O-])c2)cn1. The van der Waals surface area contributed by atoms with Gasteiger partial charge < -0.3 is 15.5 Å². The van der Waals surface area contributed by atoms with E-state index in [9.17, 15) is 19.7 Å². The minimum atomic E-state index is -0.448. The quantitative estimate of drug-likeness (QED) is 0.411. The van der Waals surface area contributed by atoms with E-state index in [4.69, 9.17) is 0 Å². The summed E-state index contributed by atoms with van der Waals surface area (Å²) in [6.07, 6.45) is 4.63. The summed E-state index contributed by atoms with van der Waals surface area (Å²) in [5.41, 5.74) is 1.96. The highest BCUT2D eigenvalue weighted by Crippen LogP contribution is 2.31. The van der Waals surface area contributed by atoms with Crippen molar-refractivity contribution in [2.75, 3.05) is 31.1 Å². The van der Waals surface area contributed by atoms with Crippen LogP contribution >= 0.6 is 0 Å². The maximum atomic E-state index is 12.4. The van der Waals surface area contributed by atoms with Gasteiger partial charge in [-0.25, -0.2) is 0 Å². The Hall–Kier alpha value is -3.49. The van der Waals surface area contributed by atoms with Crippen molar-refractivity contribution in [1.29, 1.82) is 0 Å². The Balaban J connectivity index is 1.55. The number of aryl methyl sites for hydroxylation is 1. The maximum Gasteiger partial charge on any atom is 0.293 e. The Morgan fingerprint density at radius 1 is 1.03 bits per heavy atom. The van der Waals surface area contributed by atoms with E-state index in [-0.39, 0.29) is 30.2 Å². The Morgan fingerprint density at radius 2 is 1.67 bits per heavy atom. The van der Waals surface area contributed by atoms with Crippen LogP contribution in [0, 0.1) is 17.0 Å². The summed E-state index contributed by atoms with van der Waals surface area (Å²) in [6, 6.07) is 7.99. The number of piperidine rings is 1. The van der Waals surface area contributed by atoms with Gasteiger partial charge in [-0.3, -0.25) is 24.7 Å². The van der Waals surface area contributed by atoms with Crippen LogP contribution in [0.15, 0.2) is 36.5 Å². The minimum absolute atomic E-state index is 0.0651. The van der Waals surface area contributed by atoms with Crippen molar-refractivity contribution < 1.29 is 14.5 Å². The second-order valence-corrected chi connectivity index (χ2v) is 7.21. The number of amides is 2. The van der Waals surface area contributed by atoms with Gasteiger partial charge in [0, 0.05) is 49.7 Å². The molecule has 1 aromatic heterocycles. The molecule has 9 heteroatoms. The van der Waals surface area contributed by atoms with E-state index in [1.54, 1.807) is 24.3 Å². The highest BCUT2D eigenvalue weighted by molar-refractivity contribution is 5.96. The zero-order valence-corrected chi connectivity index (χ0v) is 16.9. The number of benzene rings is 1. The molecule has 1 aromatic carbocycles. The predicted molar refractivity (Wildman–Crippen MR) is 113 cm³/mol. The Kier molecular flexibility index (Phi) is 6.95. The number of nitro benzene ring substituents is 1. The van der Waals surface area contributed by atoms with Gasteiger partial charge in [0.05, 0.1) is 10.5 Å². The van der Waals surface area contributed by atoms with Gasteiger partial charge in [0.2, 0.25) is 0 Å². The molecule has 0 spiro atoms. The summed E-state index contributed by atoms with van der Waals surface area (Å²) in [6.45, 7) is 3.82. The van der Waals surface area contributed by atoms with Crippen LogP contribution < -0.4 is 15.5 Å². The molecule has 1 saturated heterocycles. The van der Waals surface area contributed by atoms with E-state index in [1.165, 1.54) is 12.3 Å². The smallest absolute Gasteiger partial charge is 0.293 e. The number of anilines is 1. The summed E-state index contributed by atoms with van der Waals surface area (Å²) in [5, 5.41) is 16.9. The normalized spacial score (nSPS) is 13.6. The summed E-state index contributed by atoms with van der Waals surface area (Å²) >= 11 is 0. The Labute approximate surface area is 174 Å². The number of hydrogen-bond donors (Lipinski definition) is 2. The number of nitrogens with zero attached hydrogens (tertiary/aromatic N) is 3. The fourth-order valence-electron chi connectivity index (χ4n) is 3.37. The second-order valence-electron chi connectivity index (χ2n) is 7.21. The van der Waals surface area contributed by atoms with Crippen LogP contribution in [0.2, 0.25) is 0 Å². The molecule has 2 amide bonds. The molecule has 1 aliphatic rings. The van der Waals surface area contributed by atoms with Gasteiger partial charge >= 0.3 is 0 Å². The van der Waals surface area contributed by atoms with E-state index in [0.29, 0.717) is 11.3 Å². The summed E-state index contributed by atoms with van der Waals surface area (Å²) in [5.74, 6) is -0.701. The first kappa shape index (κ1) is 21.2. The van der Waals surface area contributed by atoms with Crippen molar-refractivity contribution >= 4 is 23.2 Å². The molecule has 30 heavy (non-hydrogen) atoms. The Morgan fingerprint density at radius 3 is 2.27 bits per heavy atom. The molecule has 0 radical (unpaired) electrons. The van der Waals surface area contributed by atoms with Crippen LogP contribution in [0.5, 0.6) is 0 Å². The molecule has 9 nitrogen and oxygen atoms in total. The molecule has 2 N–H and O–H groups in total. The molecule has 1 aliphatic heterocycles. The van der Waals surface area contributed by atoms with Crippen LogP contribution in [0.3, 0.4) is 0 Å². The average Bonchev–Trinajstić information content (AvgIpc) is 2.77. The standard InChI is InChI=1S/C21H25N5O4/c1-15-5-6-17(14-24-15)21(28)23-10-9-22-20(27)16-7-8-18(19(13-16)26(29)30)25-11-3-2-4-12-25/h5-8,13-14H,2-4,9-12H2,1H3,(H,22,27)(H,23,28). The lowest BCUT2D eigenvalue weighted by Crippen LogP contribution is -2.35. The van der Waals surface area contributed by atoms with Crippen molar-refractivity contribution in [2.45, 2.75) is 26.2 Å². The van der Waals surface area contributed by atoms with Crippen molar-refractivity contribution in [2.24, 2.45) is 0 Å². The second kappa shape index (κ2) is 9.82. The third kappa shape index (κ3) is 5.31. The Bertz CT molecular complexity index is 923. The van der Waals surface area contributed by atoms with Gasteiger partial charge in [0.15, 0.2) is 0 Å². The fourth-order valence-corrected chi connectivity index (χ4v) is 3.37. The molecule has 158 valence electrons. The zero-order chi connectivity index (χ0) is 21.5. The third-order valence-corrected chi connectivity index (χ3v) is 5.00. The van der Waals surface area contributed by atoms with E-state index in [1.807, 2.05) is 11.8 Å². The summed E-state index contributed by atoms with van der Waals surface area (Å²) in [7, 11) is 0. The number of aromatic nitrogens is 1. The number of rotatable bonds is 7. The zero-order valence-electron chi connectivity index (χ0n) is 16.9. The van der Waals surface area contributed by atoms with Crippen molar-refractivity contribution in [3.63, 3.8) is 0 Å². The van der Waals surface area contributed by atoms with E-state index in [2.05, 4.69) is 15.6 Å². The van der Waals surface area contributed by atoms with Crippen LogP contribution in [0.25, 0.3) is 0 Å². The maximum absolute atomic E-state index is 12.4. The van der Waals surface area contributed by atoms with Gasteiger partial charge in [0.25, 0.3) is 17.5 Å². The van der Waals surface area contributed by atoms with E-state index < -0.39 is 10.8 Å². The van der Waals surface area contributed by atoms with Crippen LogP contribution in [-0.4, -0.2) is 47.9 Å². The summed E-state index contributed by atoms with van der Waals surface area (Å²) < 4.78 is 0. The predicted octanol–water partition coefficient (Wildman–Crippen LogP) is 2.45. The van der Waals surface area contributed by atoms with Crippen molar-refractivity contribution in [1.82, 2.24) is 15.6 Å². The van der Waals surface area contributed by atoms with Gasteiger partial charge in [-0.05, 0) is 50.5 Å². The number of carbonyl (C=O) groups excluding carboxylic acids is 2. The van der Waals surface area contributed by atoms with E-state index >= 15 is 0 Å². The number of nitro groups is 1. The largest absolute Gasteiger partial charge is 0.366 e. The average molecular weight is 411 g/mol. The summed E-state index contributed by atoms with van der Waals surface area (Å²) in [4.78, 5) is 41.6. The number of hydrogen-bond acceptors (Lipinski definition) is 6. The molecule has 1 fully saturated rings. The van der Waals surface area contributed by atoms with E-state index in [0.717, 1.165) is 38.0 Å². The molecule has 0 atom stereocenters. The monoisotopic (exact) mass is 411 g/mol. The highest BCUT2D eigenvalue weighted by atomic mass is 16.6. The van der Waals surface area contributed by atoms with Gasteiger partial charge in [-0.2, -0.15) is 0 Å². The first-order valence-electron chi connectivity index (χ1n) is 9.98. The molecule has 2 heterocycles. The lowest BCUT2D eigenvalue weighted by Gasteiger charge is -2.28. The molecular formula is C21H25N5O4. The third-order valence-electron chi connectivity index (χ3n) is 5.00. The van der Waals surface area contributed by atoms with Crippen LogP contribution in [0.1, 0.15) is 45.7 Å². The number of pyridine rings is 1. The molecule has 0 bridgehead atoms.